The maximum atomic E-state index is 6.52. The molecule has 0 bridgehead atoms. The Labute approximate surface area is 123 Å². The topological polar surface area (TPSA) is 21.3 Å². The summed E-state index contributed by atoms with van der Waals surface area (Å²) in [5, 5.41) is 3.43. The van der Waals surface area contributed by atoms with Crippen molar-refractivity contribution < 1.29 is 4.74 Å². The lowest BCUT2D eigenvalue weighted by Crippen LogP contribution is -2.45. The van der Waals surface area contributed by atoms with Crippen LogP contribution in [-0.4, -0.2) is 18.7 Å². The third-order valence-electron chi connectivity index (χ3n) is 4.39. The van der Waals surface area contributed by atoms with E-state index in [9.17, 15) is 0 Å². The third-order valence-corrected chi connectivity index (χ3v) is 4.39. The molecule has 1 saturated carbocycles. The van der Waals surface area contributed by atoms with E-state index in [2.05, 4.69) is 51.2 Å². The molecule has 112 valence electrons. The zero-order valence-electron chi connectivity index (χ0n) is 13.5. The van der Waals surface area contributed by atoms with Crippen molar-refractivity contribution in [1.29, 1.82) is 0 Å². The Morgan fingerprint density at radius 1 is 1.30 bits per heavy atom. The highest BCUT2D eigenvalue weighted by atomic mass is 16.5. The van der Waals surface area contributed by atoms with E-state index < -0.39 is 0 Å². The van der Waals surface area contributed by atoms with Crippen LogP contribution >= 0.6 is 0 Å². The van der Waals surface area contributed by atoms with Gasteiger partial charge in [0.2, 0.25) is 0 Å². The molecule has 0 unspecified atom stereocenters. The zero-order valence-corrected chi connectivity index (χ0v) is 13.5. The molecule has 0 amide bonds. The third kappa shape index (κ3) is 3.54. The first kappa shape index (κ1) is 15.4. The van der Waals surface area contributed by atoms with Crippen LogP contribution in [-0.2, 0) is 0 Å². The number of aryl methyl sites for hydroxylation is 1. The first-order valence-corrected chi connectivity index (χ1v) is 8.06. The molecule has 0 aromatic heterocycles. The van der Waals surface area contributed by atoms with Crippen LogP contribution in [0.15, 0.2) is 18.2 Å². The van der Waals surface area contributed by atoms with Crippen molar-refractivity contribution in [2.24, 2.45) is 0 Å². The highest BCUT2D eigenvalue weighted by molar-refractivity contribution is 5.39. The Kier molecular flexibility index (Phi) is 5.09. The number of benzene rings is 1. The van der Waals surface area contributed by atoms with Crippen LogP contribution in [0.3, 0.4) is 0 Å². The number of rotatable bonds is 7. The standard InChI is InChI=1S/C18H29NO/c1-5-19-12-11-18(9-6-10-18)20-17-13-15(4)7-8-16(17)14(2)3/h7-8,13-14,19H,5-6,9-12H2,1-4H3. The molecule has 1 aliphatic rings. The predicted molar refractivity (Wildman–Crippen MR) is 85.6 cm³/mol. The minimum absolute atomic E-state index is 0.0829. The van der Waals surface area contributed by atoms with E-state index in [1.807, 2.05) is 0 Å². The fourth-order valence-electron chi connectivity index (χ4n) is 2.91. The fraction of sp³-hybridized carbons (Fsp3) is 0.667. The van der Waals surface area contributed by atoms with Crippen LogP contribution < -0.4 is 10.1 Å². The van der Waals surface area contributed by atoms with E-state index in [1.54, 1.807) is 0 Å². The van der Waals surface area contributed by atoms with E-state index in [0.29, 0.717) is 5.92 Å². The van der Waals surface area contributed by atoms with Crippen molar-refractivity contribution in [2.45, 2.75) is 64.9 Å². The van der Waals surface area contributed by atoms with Gasteiger partial charge in [0.1, 0.15) is 11.4 Å². The predicted octanol–water partition coefficient (Wildman–Crippen LogP) is 4.42. The van der Waals surface area contributed by atoms with Crippen LogP contribution in [0.4, 0.5) is 0 Å². The van der Waals surface area contributed by atoms with Gasteiger partial charge in [-0.05, 0) is 68.8 Å². The molecule has 1 fully saturated rings. The lowest BCUT2D eigenvalue weighted by molar-refractivity contribution is -0.0150. The molecule has 1 aromatic rings. The molecule has 0 heterocycles. The van der Waals surface area contributed by atoms with Gasteiger partial charge < -0.3 is 10.1 Å². The van der Waals surface area contributed by atoms with Gasteiger partial charge in [-0.25, -0.2) is 0 Å². The van der Waals surface area contributed by atoms with Crippen molar-refractivity contribution in [2.75, 3.05) is 13.1 Å². The minimum Gasteiger partial charge on any atom is -0.487 e. The van der Waals surface area contributed by atoms with Gasteiger partial charge in [0.05, 0.1) is 0 Å². The highest BCUT2D eigenvalue weighted by Gasteiger charge is 2.39. The summed E-state index contributed by atoms with van der Waals surface area (Å²) < 4.78 is 6.52. The first-order valence-electron chi connectivity index (χ1n) is 8.06. The van der Waals surface area contributed by atoms with E-state index in [0.717, 1.165) is 25.3 Å². The van der Waals surface area contributed by atoms with Crippen molar-refractivity contribution >= 4 is 0 Å². The molecule has 0 aliphatic heterocycles. The summed E-state index contributed by atoms with van der Waals surface area (Å²) in [5.41, 5.74) is 2.70. The van der Waals surface area contributed by atoms with E-state index >= 15 is 0 Å². The van der Waals surface area contributed by atoms with E-state index in [-0.39, 0.29) is 5.60 Å². The van der Waals surface area contributed by atoms with Gasteiger partial charge in [0.25, 0.3) is 0 Å². The fourth-order valence-corrected chi connectivity index (χ4v) is 2.91. The lowest BCUT2D eigenvalue weighted by atomic mass is 9.77. The Hall–Kier alpha value is -1.02. The maximum Gasteiger partial charge on any atom is 0.123 e. The molecule has 1 N–H and O–H groups in total. The lowest BCUT2D eigenvalue weighted by Gasteiger charge is -2.43. The quantitative estimate of drug-likeness (QED) is 0.744. The summed E-state index contributed by atoms with van der Waals surface area (Å²) in [7, 11) is 0. The van der Waals surface area contributed by atoms with E-state index in [1.165, 1.54) is 30.4 Å². The number of hydrogen-bond donors (Lipinski definition) is 1. The first-order chi connectivity index (χ1) is 9.56. The average molecular weight is 275 g/mol. The summed E-state index contributed by atoms with van der Waals surface area (Å²) in [6, 6.07) is 6.63. The van der Waals surface area contributed by atoms with Crippen LogP contribution in [0.2, 0.25) is 0 Å². The van der Waals surface area contributed by atoms with Crippen LogP contribution in [0.25, 0.3) is 0 Å². The molecule has 1 aromatic carbocycles. The van der Waals surface area contributed by atoms with Gasteiger partial charge in [0, 0.05) is 0 Å². The second-order valence-electron chi connectivity index (χ2n) is 6.44. The van der Waals surface area contributed by atoms with Crippen molar-refractivity contribution in [3.05, 3.63) is 29.3 Å². The van der Waals surface area contributed by atoms with Crippen molar-refractivity contribution in [3.8, 4) is 5.75 Å². The van der Waals surface area contributed by atoms with Crippen molar-refractivity contribution in [3.63, 3.8) is 0 Å². The Morgan fingerprint density at radius 3 is 2.60 bits per heavy atom. The number of hydrogen-bond acceptors (Lipinski definition) is 2. The number of ether oxygens (including phenoxy) is 1. The summed E-state index contributed by atoms with van der Waals surface area (Å²) in [6.45, 7) is 10.9. The summed E-state index contributed by atoms with van der Waals surface area (Å²) >= 11 is 0. The van der Waals surface area contributed by atoms with Crippen LogP contribution in [0.5, 0.6) is 5.75 Å². The van der Waals surface area contributed by atoms with Gasteiger partial charge >= 0.3 is 0 Å². The van der Waals surface area contributed by atoms with Gasteiger partial charge in [0.15, 0.2) is 0 Å². The van der Waals surface area contributed by atoms with Crippen LogP contribution in [0.1, 0.15) is 63.5 Å². The molecule has 0 spiro atoms. The second kappa shape index (κ2) is 6.62. The average Bonchev–Trinajstić information content (AvgIpc) is 2.35. The molecule has 1 aliphatic carbocycles. The van der Waals surface area contributed by atoms with Gasteiger partial charge in [-0.2, -0.15) is 0 Å². The normalized spacial score (nSPS) is 17.1. The zero-order chi connectivity index (χ0) is 14.6. The molecule has 0 atom stereocenters. The largest absolute Gasteiger partial charge is 0.487 e. The molecule has 2 heteroatoms. The minimum atomic E-state index is 0.0829. The molecule has 20 heavy (non-hydrogen) atoms. The monoisotopic (exact) mass is 275 g/mol. The Morgan fingerprint density at radius 2 is 2.05 bits per heavy atom. The Bertz CT molecular complexity index is 435. The van der Waals surface area contributed by atoms with Crippen molar-refractivity contribution in [1.82, 2.24) is 5.32 Å². The SMILES string of the molecule is CCNCCC1(Oc2cc(C)ccc2C(C)C)CCC1. The molecule has 0 radical (unpaired) electrons. The second-order valence-corrected chi connectivity index (χ2v) is 6.44. The molecule has 0 saturated heterocycles. The molecular weight excluding hydrogens is 246 g/mol. The molecule has 2 rings (SSSR count). The maximum absolute atomic E-state index is 6.52. The molecular formula is C18H29NO. The highest BCUT2D eigenvalue weighted by Crippen LogP contribution is 2.41. The smallest absolute Gasteiger partial charge is 0.123 e. The van der Waals surface area contributed by atoms with Gasteiger partial charge in [-0.3, -0.25) is 0 Å². The summed E-state index contributed by atoms with van der Waals surface area (Å²) in [6.07, 6.45) is 4.81. The summed E-state index contributed by atoms with van der Waals surface area (Å²) in [4.78, 5) is 0. The van der Waals surface area contributed by atoms with Crippen LogP contribution in [0, 0.1) is 6.92 Å². The Balaban J connectivity index is 2.12. The summed E-state index contributed by atoms with van der Waals surface area (Å²) in [5.74, 6) is 1.62. The van der Waals surface area contributed by atoms with E-state index in [4.69, 9.17) is 4.74 Å². The van der Waals surface area contributed by atoms with Gasteiger partial charge in [-0.1, -0.05) is 32.9 Å². The number of nitrogens with one attached hydrogen (secondary N) is 1. The van der Waals surface area contributed by atoms with Gasteiger partial charge in [-0.15, -0.1) is 0 Å². The molecule has 2 nitrogen and oxygen atoms in total.